The van der Waals surface area contributed by atoms with E-state index in [1.807, 2.05) is 38.1 Å². The van der Waals surface area contributed by atoms with Crippen molar-refractivity contribution in [1.82, 2.24) is 0 Å². The van der Waals surface area contributed by atoms with Crippen molar-refractivity contribution in [3.8, 4) is 11.5 Å². The number of anilines is 1. The molecule has 4 rings (SSSR count). The van der Waals surface area contributed by atoms with E-state index in [1.54, 1.807) is 0 Å². The van der Waals surface area contributed by atoms with Crippen molar-refractivity contribution < 1.29 is 9.53 Å². The van der Waals surface area contributed by atoms with Crippen LogP contribution >= 0.6 is 0 Å². The smallest absolute Gasteiger partial charge is 0.166 e. The molecule has 0 saturated carbocycles. The Balaban J connectivity index is 2.06. The monoisotopic (exact) mass is 425 g/mol. The van der Waals surface area contributed by atoms with Crippen molar-refractivity contribution >= 4 is 23.6 Å². The number of hydrogen-bond donors (Lipinski definition) is 0. The van der Waals surface area contributed by atoms with E-state index in [2.05, 4.69) is 62.6 Å². The van der Waals surface area contributed by atoms with E-state index in [0.29, 0.717) is 0 Å². The van der Waals surface area contributed by atoms with Crippen molar-refractivity contribution in [2.75, 3.05) is 18.0 Å². The van der Waals surface area contributed by atoms with Gasteiger partial charge in [-0.1, -0.05) is 44.7 Å². The molecule has 0 fully saturated rings. The van der Waals surface area contributed by atoms with Gasteiger partial charge in [0.05, 0.1) is 0 Å². The molecule has 164 valence electrons. The number of carbonyl (C=O) groups is 1. The molecule has 1 heterocycles. The van der Waals surface area contributed by atoms with E-state index < -0.39 is 0 Å². The van der Waals surface area contributed by atoms with E-state index in [0.717, 1.165) is 68.5 Å². The molecule has 0 unspecified atom stereocenters. The summed E-state index contributed by atoms with van der Waals surface area (Å²) in [5.74, 6) is 1.66. The molecule has 0 N–H and O–H groups in total. The summed E-state index contributed by atoms with van der Waals surface area (Å²) in [4.78, 5) is 15.4. The number of aryl methyl sites for hydroxylation is 1. The molecule has 0 aromatic heterocycles. The Morgan fingerprint density at radius 3 is 2.38 bits per heavy atom. The number of ether oxygens (including phenoxy) is 1. The maximum Gasteiger partial charge on any atom is 0.166 e. The van der Waals surface area contributed by atoms with Gasteiger partial charge in [0.15, 0.2) is 5.78 Å². The number of nitrogens with zero attached hydrogens (tertiary/aromatic N) is 1. The molecular weight excluding hydrogens is 394 g/mol. The average molecular weight is 426 g/mol. The van der Waals surface area contributed by atoms with Gasteiger partial charge in [-0.05, 0) is 61.4 Å². The summed E-state index contributed by atoms with van der Waals surface area (Å²) in [6, 6.07) is 18.5. The molecule has 3 aromatic rings. The molecule has 0 spiro atoms. The van der Waals surface area contributed by atoms with Gasteiger partial charge in [0.25, 0.3) is 0 Å². The Labute approximate surface area is 190 Å². The maximum absolute atomic E-state index is 13.1. The highest BCUT2D eigenvalue weighted by atomic mass is 16.5. The van der Waals surface area contributed by atoms with Gasteiger partial charge in [0.1, 0.15) is 11.5 Å². The summed E-state index contributed by atoms with van der Waals surface area (Å²) in [5.41, 5.74) is 5.98. The minimum atomic E-state index is -0.0791. The fourth-order valence-electron chi connectivity index (χ4n) is 4.38. The molecule has 0 aliphatic carbocycles. The van der Waals surface area contributed by atoms with E-state index >= 15 is 0 Å². The van der Waals surface area contributed by atoms with Crippen LogP contribution in [0.3, 0.4) is 0 Å². The van der Waals surface area contributed by atoms with Crippen LogP contribution in [-0.4, -0.2) is 18.9 Å². The van der Waals surface area contributed by atoms with E-state index in [4.69, 9.17) is 4.74 Å². The quantitative estimate of drug-likeness (QED) is 0.385. The first-order valence-electron chi connectivity index (χ1n) is 11.4. The van der Waals surface area contributed by atoms with Gasteiger partial charge in [-0.3, -0.25) is 4.79 Å². The summed E-state index contributed by atoms with van der Waals surface area (Å²) < 4.78 is 6.42. The third-order valence-electron chi connectivity index (χ3n) is 6.28. The van der Waals surface area contributed by atoms with Crippen LogP contribution in [0.15, 0.2) is 54.6 Å². The van der Waals surface area contributed by atoms with Gasteiger partial charge in [0, 0.05) is 52.7 Å². The molecule has 1 aliphatic rings. The summed E-state index contributed by atoms with van der Waals surface area (Å²) in [6.07, 6.45) is 0. The van der Waals surface area contributed by atoms with Crippen molar-refractivity contribution in [3.05, 3.63) is 87.3 Å². The number of fused-ring (bicyclic) bond motifs is 2. The summed E-state index contributed by atoms with van der Waals surface area (Å²) in [5, 5.41) is 1.94. The van der Waals surface area contributed by atoms with Gasteiger partial charge in [-0.15, -0.1) is 0 Å². The summed E-state index contributed by atoms with van der Waals surface area (Å²) >= 11 is 0. The van der Waals surface area contributed by atoms with Gasteiger partial charge < -0.3 is 9.64 Å². The first-order valence-corrected chi connectivity index (χ1v) is 11.4. The minimum Gasteiger partial charge on any atom is -0.456 e. The van der Waals surface area contributed by atoms with Crippen LogP contribution in [0.2, 0.25) is 0 Å². The topological polar surface area (TPSA) is 29.5 Å². The van der Waals surface area contributed by atoms with Crippen molar-refractivity contribution in [2.45, 2.75) is 34.6 Å². The average Bonchev–Trinajstić information content (AvgIpc) is 2.79. The van der Waals surface area contributed by atoms with Crippen LogP contribution in [-0.2, 0) is 0 Å². The normalized spacial score (nSPS) is 12.2. The highest BCUT2D eigenvalue weighted by Crippen LogP contribution is 2.39. The molecule has 32 heavy (non-hydrogen) atoms. The minimum absolute atomic E-state index is 0.0791. The fourth-order valence-corrected chi connectivity index (χ4v) is 4.38. The lowest BCUT2D eigenvalue weighted by Gasteiger charge is -2.26. The lowest BCUT2D eigenvalue weighted by molar-refractivity contribution is 0.0939. The number of carbonyl (C=O) groups excluding carboxylic acids is 1. The molecular formula is C29H31NO2. The summed E-state index contributed by atoms with van der Waals surface area (Å²) in [7, 11) is 0. The van der Waals surface area contributed by atoms with Crippen molar-refractivity contribution in [3.63, 3.8) is 0 Å². The molecule has 1 aliphatic heterocycles. The Morgan fingerprint density at radius 1 is 0.969 bits per heavy atom. The van der Waals surface area contributed by atoms with Crippen LogP contribution < -0.4 is 20.1 Å². The Kier molecular flexibility index (Phi) is 5.92. The van der Waals surface area contributed by atoms with E-state index in [9.17, 15) is 4.79 Å². The van der Waals surface area contributed by atoms with Crippen LogP contribution in [0, 0.1) is 12.8 Å². The standard InChI is InChI=1S/C29H31NO2/c1-7-30(8-2)21-13-14-24-27(17-21)32-26-16-20(6)19(5)15-25(26)28(24)22-11-9-10-12-23(22)29(31)18(3)4/h9-18H,6-8H2,1-5H3. The van der Waals surface area contributed by atoms with Gasteiger partial charge >= 0.3 is 0 Å². The summed E-state index contributed by atoms with van der Waals surface area (Å²) in [6.45, 7) is 16.3. The van der Waals surface area contributed by atoms with Crippen molar-refractivity contribution in [2.24, 2.45) is 5.92 Å². The predicted molar refractivity (Wildman–Crippen MR) is 133 cm³/mol. The SMILES string of the molecule is C=c1cc2c(cc1C)=C(c1ccccc1C(=O)C(C)C)c1ccc(N(CC)CC)cc1O2. The molecule has 0 amide bonds. The lowest BCUT2D eigenvalue weighted by atomic mass is 9.86. The highest BCUT2D eigenvalue weighted by molar-refractivity contribution is 6.04. The highest BCUT2D eigenvalue weighted by Gasteiger charge is 2.25. The number of benzene rings is 3. The van der Waals surface area contributed by atoms with Gasteiger partial charge in [-0.25, -0.2) is 0 Å². The number of Topliss-reactive ketones (excluding diaryl/α,β-unsaturated/α-hetero) is 1. The van der Waals surface area contributed by atoms with E-state index in [-0.39, 0.29) is 11.7 Å². The molecule has 0 radical (unpaired) electrons. The number of ketones is 1. The van der Waals surface area contributed by atoms with E-state index in [1.165, 1.54) is 0 Å². The first-order chi connectivity index (χ1) is 15.3. The Hall–Kier alpha value is -3.33. The zero-order chi connectivity index (χ0) is 23.0. The molecule has 3 nitrogen and oxygen atoms in total. The van der Waals surface area contributed by atoms with Gasteiger partial charge in [-0.2, -0.15) is 0 Å². The maximum atomic E-state index is 13.1. The molecule has 0 saturated heterocycles. The lowest BCUT2D eigenvalue weighted by Crippen LogP contribution is -2.24. The number of hydrogen-bond acceptors (Lipinski definition) is 3. The predicted octanol–water partition coefficient (Wildman–Crippen LogP) is 5.44. The van der Waals surface area contributed by atoms with Crippen LogP contribution in [0.5, 0.6) is 11.5 Å². The third kappa shape index (κ3) is 3.73. The second-order valence-corrected chi connectivity index (χ2v) is 8.67. The van der Waals surface area contributed by atoms with Crippen LogP contribution in [0.25, 0.3) is 12.2 Å². The first kappa shape index (κ1) is 21.9. The zero-order valence-electron chi connectivity index (χ0n) is 19.7. The third-order valence-corrected chi connectivity index (χ3v) is 6.28. The van der Waals surface area contributed by atoms with Crippen molar-refractivity contribution in [1.29, 1.82) is 0 Å². The van der Waals surface area contributed by atoms with Crippen LogP contribution in [0.1, 0.15) is 54.7 Å². The largest absolute Gasteiger partial charge is 0.456 e. The van der Waals surface area contributed by atoms with Gasteiger partial charge in [0.2, 0.25) is 0 Å². The Morgan fingerprint density at radius 2 is 1.69 bits per heavy atom. The molecule has 3 aromatic carbocycles. The number of rotatable bonds is 6. The Bertz CT molecular complexity index is 1300. The second kappa shape index (κ2) is 8.66. The fraction of sp³-hybridized carbons (Fsp3) is 0.276. The molecule has 0 bridgehead atoms. The molecule has 3 heteroatoms. The second-order valence-electron chi connectivity index (χ2n) is 8.67. The van der Waals surface area contributed by atoms with Crippen LogP contribution in [0.4, 0.5) is 5.69 Å². The zero-order valence-corrected chi connectivity index (χ0v) is 19.7. The molecule has 0 atom stereocenters.